The smallest absolute Gasteiger partial charge is 0.277 e. The summed E-state index contributed by atoms with van der Waals surface area (Å²) in [6, 6.07) is 7.12. The number of amides is 2. The molecule has 0 atom stereocenters. The predicted octanol–water partition coefficient (Wildman–Crippen LogP) is 0.742. The van der Waals surface area contributed by atoms with Crippen LogP contribution in [0.4, 0.5) is 5.69 Å². The third-order valence-corrected chi connectivity index (χ3v) is 2.76. The van der Waals surface area contributed by atoms with Crippen molar-refractivity contribution in [3.63, 3.8) is 0 Å². The van der Waals surface area contributed by atoms with Gasteiger partial charge in [0, 0.05) is 17.8 Å². The lowest BCUT2D eigenvalue weighted by Crippen LogP contribution is -2.34. The number of rotatable bonds is 6. The first kappa shape index (κ1) is 14.1. The number of anilines is 1. The highest BCUT2D eigenvalue weighted by Crippen LogP contribution is 2.21. The van der Waals surface area contributed by atoms with Crippen LogP contribution in [0.3, 0.4) is 0 Å². The number of nitrogens with one attached hydrogen (secondary N) is 1. The molecule has 2 N–H and O–H groups in total. The molecule has 0 aromatic heterocycles. The number of β-amino-alcohol motifs (C(OH)–C–C–N with tert-alkyl or cyclic N) is 1. The molecular weight excluding hydrogens is 260 g/mol. The summed E-state index contributed by atoms with van der Waals surface area (Å²) < 4.78 is 5.36. The number of carbonyl (C=O) groups is 2. The molecule has 2 amide bonds. The lowest BCUT2D eigenvalue weighted by Gasteiger charge is -2.13. The zero-order valence-corrected chi connectivity index (χ0v) is 11.1. The molecule has 6 heteroatoms. The number of carbonyl (C=O) groups excluding carboxylic acids is 2. The van der Waals surface area contributed by atoms with E-state index in [1.165, 1.54) is 6.08 Å². The summed E-state index contributed by atoms with van der Waals surface area (Å²) in [5, 5.41) is 11.7. The molecule has 2 rings (SSSR count). The first-order chi connectivity index (χ1) is 9.65. The second kappa shape index (κ2) is 6.21. The minimum atomic E-state index is -0.439. The van der Waals surface area contributed by atoms with Gasteiger partial charge < -0.3 is 15.2 Å². The summed E-state index contributed by atoms with van der Waals surface area (Å²) in [6.07, 6.45) is 1.23. The van der Waals surface area contributed by atoms with Crippen molar-refractivity contribution in [2.45, 2.75) is 6.92 Å². The molecule has 20 heavy (non-hydrogen) atoms. The lowest BCUT2D eigenvalue weighted by atomic mass is 10.3. The summed E-state index contributed by atoms with van der Waals surface area (Å²) in [5.41, 5.74) is 0.853. The van der Waals surface area contributed by atoms with Gasteiger partial charge in [-0.1, -0.05) is 6.07 Å². The van der Waals surface area contributed by atoms with Crippen molar-refractivity contribution >= 4 is 17.5 Å². The molecule has 0 radical (unpaired) electrons. The predicted molar refractivity (Wildman–Crippen MR) is 73.1 cm³/mol. The average molecular weight is 276 g/mol. The van der Waals surface area contributed by atoms with E-state index in [9.17, 15) is 9.59 Å². The van der Waals surface area contributed by atoms with E-state index in [4.69, 9.17) is 9.84 Å². The van der Waals surface area contributed by atoms with Gasteiger partial charge in [-0.3, -0.25) is 14.5 Å². The van der Waals surface area contributed by atoms with Crippen LogP contribution < -0.4 is 10.1 Å². The number of hydrogen-bond acceptors (Lipinski definition) is 5. The van der Waals surface area contributed by atoms with Gasteiger partial charge in [0.2, 0.25) is 0 Å². The van der Waals surface area contributed by atoms with Crippen LogP contribution in [0.5, 0.6) is 5.75 Å². The number of imide groups is 1. The quantitative estimate of drug-likeness (QED) is 0.749. The molecule has 0 fully saturated rings. The molecule has 6 nitrogen and oxygen atoms in total. The number of ether oxygens (including phenoxy) is 1. The maximum absolute atomic E-state index is 12.0. The minimum absolute atomic E-state index is 0.00165. The molecule has 0 saturated heterocycles. The van der Waals surface area contributed by atoms with Crippen LogP contribution in [0.2, 0.25) is 0 Å². The molecule has 0 unspecified atom stereocenters. The summed E-state index contributed by atoms with van der Waals surface area (Å²) >= 11 is 0. The van der Waals surface area contributed by atoms with E-state index in [0.717, 1.165) is 4.90 Å². The fraction of sp³-hybridized carbons (Fsp3) is 0.286. The molecule has 1 aromatic rings. The molecule has 1 aliphatic heterocycles. The van der Waals surface area contributed by atoms with Gasteiger partial charge in [0.25, 0.3) is 11.8 Å². The third-order valence-electron chi connectivity index (χ3n) is 2.76. The van der Waals surface area contributed by atoms with Gasteiger partial charge in [0.15, 0.2) is 0 Å². The maximum Gasteiger partial charge on any atom is 0.277 e. The maximum atomic E-state index is 12.0. The van der Waals surface area contributed by atoms with Gasteiger partial charge in [-0.2, -0.15) is 0 Å². The summed E-state index contributed by atoms with van der Waals surface area (Å²) in [7, 11) is 0. The molecule has 0 saturated carbocycles. The van der Waals surface area contributed by atoms with Crippen molar-refractivity contribution in [1.82, 2.24) is 4.90 Å². The van der Waals surface area contributed by atoms with Crippen LogP contribution in [-0.4, -0.2) is 41.6 Å². The van der Waals surface area contributed by atoms with Crippen molar-refractivity contribution in [3.05, 3.63) is 36.0 Å². The summed E-state index contributed by atoms with van der Waals surface area (Å²) in [6.45, 7) is 2.18. The summed E-state index contributed by atoms with van der Waals surface area (Å²) in [4.78, 5) is 24.5. The Morgan fingerprint density at radius 2 is 2.15 bits per heavy atom. The van der Waals surface area contributed by atoms with E-state index in [-0.39, 0.29) is 18.8 Å². The molecule has 0 bridgehead atoms. The molecule has 1 aromatic carbocycles. The topological polar surface area (TPSA) is 78.9 Å². The molecule has 1 aliphatic rings. The van der Waals surface area contributed by atoms with E-state index < -0.39 is 11.8 Å². The van der Waals surface area contributed by atoms with Crippen molar-refractivity contribution in [2.75, 3.05) is 25.1 Å². The highest BCUT2D eigenvalue weighted by molar-refractivity contribution is 6.17. The largest absolute Gasteiger partial charge is 0.494 e. The number of hydrogen-bond donors (Lipinski definition) is 2. The van der Waals surface area contributed by atoms with E-state index in [2.05, 4.69) is 5.32 Å². The van der Waals surface area contributed by atoms with Crippen LogP contribution >= 0.6 is 0 Å². The SMILES string of the molecule is CCOc1cccc(NC2=CC(=O)N(CCO)C2=O)c1. The number of nitrogens with zero attached hydrogens (tertiary/aromatic N) is 1. The number of aliphatic hydroxyl groups is 1. The fourth-order valence-electron chi connectivity index (χ4n) is 1.90. The number of benzene rings is 1. The van der Waals surface area contributed by atoms with Crippen molar-refractivity contribution in [3.8, 4) is 5.75 Å². The first-order valence-electron chi connectivity index (χ1n) is 6.34. The Bertz CT molecular complexity index is 554. The zero-order chi connectivity index (χ0) is 14.5. The van der Waals surface area contributed by atoms with Crippen molar-refractivity contribution in [1.29, 1.82) is 0 Å². The molecule has 106 valence electrons. The van der Waals surface area contributed by atoms with Gasteiger partial charge in [-0.25, -0.2) is 0 Å². The monoisotopic (exact) mass is 276 g/mol. The summed E-state index contributed by atoms with van der Waals surface area (Å²) in [5.74, 6) is -0.180. The Hall–Kier alpha value is -2.34. The Morgan fingerprint density at radius 3 is 2.85 bits per heavy atom. The van der Waals surface area contributed by atoms with Gasteiger partial charge in [-0.15, -0.1) is 0 Å². The van der Waals surface area contributed by atoms with Crippen LogP contribution in [0.15, 0.2) is 36.0 Å². The van der Waals surface area contributed by atoms with Crippen LogP contribution in [-0.2, 0) is 9.59 Å². The highest BCUT2D eigenvalue weighted by atomic mass is 16.5. The average Bonchev–Trinajstić information content (AvgIpc) is 2.68. The van der Waals surface area contributed by atoms with Crippen LogP contribution in [0, 0.1) is 0 Å². The van der Waals surface area contributed by atoms with Crippen molar-refractivity contribution < 1.29 is 19.4 Å². The van der Waals surface area contributed by atoms with Gasteiger partial charge in [0.05, 0.1) is 19.8 Å². The van der Waals surface area contributed by atoms with Gasteiger partial charge >= 0.3 is 0 Å². The lowest BCUT2D eigenvalue weighted by molar-refractivity contribution is -0.137. The van der Waals surface area contributed by atoms with E-state index in [1.54, 1.807) is 18.2 Å². The van der Waals surface area contributed by atoms with E-state index in [1.807, 2.05) is 13.0 Å². The normalized spacial score (nSPS) is 14.5. The Labute approximate surface area is 116 Å². The molecule has 0 spiro atoms. The Kier molecular flexibility index (Phi) is 4.37. The van der Waals surface area contributed by atoms with Crippen LogP contribution in [0.25, 0.3) is 0 Å². The van der Waals surface area contributed by atoms with E-state index >= 15 is 0 Å². The number of aliphatic hydroxyl groups excluding tert-OH is 1. The van der Waals surface area contributed by atoms with E-state index in [0.29, 0.717) is 18.0 Å². The third kappa shape index (κ3) is 2.97. The van der Waals surface area contributed by atoms with Gasteiger partial charge in [0.1, 0.15) is 11.4 Å². The minimum Gasteiger partial charge on any atom is -0.494 e. The second-order valence-corrected chi connectivity index (χ2v) is 4.16. The zero-order valence-electron chi connectivity index (χ0n) is 11.1. The van der Waals surface area contributed by atoms with Crippen molar-refractivity contribution in [2.24, 2.45) is 0 Å². The molecule has 1 heterocycles. The first-order valence-corrected chi connectivity index (χ1v) is 6.34. The second-order valence-electron chi connectivity index (χ2n) is 4.16. The Balaban J connectivity index is 2.11. The Morgan fingerprint density at radius 1 is 1.35 bits per heavy atom. The highest BCUT2D eigenvalue weighted by Gasteiger charge is 2.30. The fourth-order valence-corrected chi connectivity index (χ4v) is 1.90. The van der Waals surface area contributed by atoms with Crippen LogP contribution in [0.1, 0.15) is 6.92 Å². The molecular formula is C14H16N2O4. The van der Waals surface area contributed by atoms with Gasteiger partial charge in [-0.05, 0) is 19.1 Å². The standard InChI is InChI=1S/C14H16N2O4/c1-2-20-11-5-3-4-10(8-11)15-12-9-13(18)16(6-7-17)14(12)19/h3-5,8-9,15,17H,2,6-7H2,1H3. The molecule has 0 aliphatic carbocycles.